The Hall–Kier alpha value is -2.18. The van der Waals surface area contributed by atoms with E-state index >= 15 is 0 Å². The number of nitrogens with one attached hydrogen (secondary N) is 1. The van der Waals surface area contributed by atoms with Crippen LogP contribution in [0.5, 0.6) is 0 Å². The molecule has 6 heteroatoms. The topological polar surface area (TPSA) is 95.9 Å². The number of allylic oxidation sites excluding steroid dienone is 7. The van der Waals surface area contributed by atoms with Gasteiger partial charge in [0.2, 0.25) is 5.91 Å². The minimum absolute atomic E-state index is 0.0181. The van der Waals surface area contributed by atoms with Gasteiger partial charge in [0.15, 0.2) is 0 Å². The summed E-state index contributed by atoms with van der Waals surface area (Å²) in [5.41, 5.74) is 0. The van der Waals surface area contributed by atoms with Crippen LogP contribution in [0.1, 0.15) is 245 Å². The summed E-state index contributed by atoms with van der Waals surface area (Å²) < 4.78 is 5.45. The van der Waals surface area contributed by atoms with Crippen molar-refractivity contribution in [3.63, 3.8) is 0 Å². The van der Waals surface area contributed by atoms with Crippen molar-refractivity contribution >= 4 is 11.9 Å². The fourth-order valence-electron chi connectivity index (χ4n) is 7.18. The molecule has 338 valence electrons. The largest absolute Gasteiger partial charge is 0.466 e. The third-order valence-electron chi connectivity index (χ3n) is 11.1. The van der Waals surface area contributed by atoms with Crippen LogP contribution < -0.4 is 5.32 Å². The maximum Gasteiger partial charge on any atom is 0.305 e. The average Bonchev–Trinajstić information content (AvgIpc) is 3.22. The number of esters is 1. The maximum atomic E-state index is 12.4. The zero-order chi connectivity index (χ0) is 42.3. The van der Waals surface area contributed by atoms with Crippen molar-refractivity contribution in [1.82, 2.24) is 5.32 Å². The van der Waals surface area contributed by atoms with Crippen LogP contribution in [0.3, 0.4) is 0 Å². The van der Waals surface area contributed by atoms with Gasteiger partial charge in [0.25, 0.3) is 0 Å². The summed E-state index contributed by atoms with van der Waals surface area (Å²) in [6.45, 7) is 4.80. The van der Waals surface area contributed by atoms with Crippen LogP contribution in [0.4, 0.5) is 0 Å². The van der Waals surface area contributed by atoms with Crippen molar-refractivity contribution in [3.05, 3.63) is 48.6 Å². The highest BCUT2D eigenvalue weighted by molar-refractivity contribution is 5.76. The van der Waals surface area contributed by atoms with Crippen LogP contribution >= 0.6 is 0 Å². The zero-order valence-corrected chi connectivity index (χ0v) is 38.3. The molecule has 0 aromatic heterocycles. The number of carbonyl (C=O) groups is 2. The Bertz CT molecular complexity index is 988. The van der Waals surface area contributed by atoms with Crippen molar-refractivity contribution in [2.75, 3.05) is 13.2 Å². The molecule has 0 aromatic carbocycles. The molecule has 0 fully saturated rings. The standard InChI is InChI=1S/C52H95NO5/c1-3-5-7-9-11-13-14-15-19-23-26-30-34-38-42-46-52(57)58-47-43-39-35-31-27-24-21-18-16-17-20-22-25-29-33-37-41-45-51(56)53-49(48-54)50(55)44-40-36-32-28-12-10-8-6-4-2/h11,13,15-16,18-19,40,44,49-50,54-55H,3-10,12,14,17,20-39,41-43,45-48H2,1-2H3,(H,53,56)/b13-11-,18-16-,19-15-,44-40+. The summed E-state index contributed by atoms with van der Waals surface area (Å²) in [6.07, 6.45) is 58.3. The van der Waals surface area contributed by atoms with Gasteiger partial charge in [-0.3, -0.25) is 9.59 Å². The number of carbonyl (C=O) groups excluding carboxylic acids is 2. The molecule has 0 spiro atoms. The lowest BCUT2D eigenvalue weighted by atomic mass is 10.1. The molecule has 6 nitrogen and oxygen atoms in total. The molecule has 0 bridgehead atoms. The molecule has 0 aliphatic heterocycles. The number of hydrogen-bond donors (Lipinski definition) is 3. The molecule has 3 N–H and O–H groups in total. The summed E-state index contributed by atoms with van der Waals surface area (Å²) >= 11 is 0. The van der Waals surface area contributed by atoms with Gasteiger partial charge in [-0.2, -0.15) is 0 Å². The Morgan fingerprint density at radius 2 is 0.862 bits per heavy atom. The highest BCUT2D eigenvalue weighted by Gasteiger charge is 2.18. The fraction of sp³-hybridized carbons (Fsp3) is 0.808. The van der Waals surface area contributed by atoms with Crippen molar-refractivity contribution in [1.29, 1.82) is 0 Å². The van der Waals surface area contributed by atoms with Gasteiger partial charge in [0.05, 0.1) is 25.4 Å². The van der Waals surface area contributed by atoms with E-state index < -0.39 is 12.1 Å². The normalized spacial score (nSPS) is 13.1. The minimum Gasteiger partial charge on any atom is -0.466 e. The quantitative estimate of drug-likeness (QED) is 0.0323. The molecule has 0 aliphatic carbocycles. The number of amides is 1. The summed E-state index contributed by atoms with van der Waals surface area (Å²) in [5.74, 6) is -0.103. The molecule has 0 saturated carbocycles. The lowest BCUT2D eigenvalue weighted by molar-refractivity contribution is -0.143. The molecule has 0 radical (unpaired) electrons. The Morgan fingerprint density at radius 1 is 0.483 bits per heavy atom. The number of ether oxygens (including phenoxy) is 1. The molecule has 58 heavy (non-hydrogen) atoms. The summed E-state index contributed by atoms with van der Waals surface area (Å²) in [5, 5.41) is 22.9. The number of hydrogen-bond acceptors (Lipinski definition) is 5. The van der Waals surface area contributed by atoms with Gasteiger partial charge in [-0.05, 0) is 89.9 Å². The van der Waals surface area contributed by atoms with E-state index in [0.717, 1.165) is 64.2 Å². The third-order valence-corrected chi connectivity index (χ3v) is 11.1. The Labute approximate surface area is 359 Å². The van der Waals surface area contributed by atoms with Gasteiger partial charge in [0.1, 0.15) is 0 Å². The van der Waals surface area contributed by atoms with E-state index in [1.165, 1.54) is 154 Å². The third kappa shape index (κ3) is 43.4. The van der Waals surface area contributed by atoms with Crippen LogP contribution in [-0.4, -0.2) is 47.4 Å². The van der Waals surface area contributed by atoms with Crippen molar-refractivity contribution in [2.45, 2.75) is 257 Å². The second-order valence-corrected chi connectivity index (χ2v) is 16.8. The fourth-order valence-corrected chi connectivity index (χ4v) is 7.18. The van der Waals surface area contributed by atoms with Gasteiger partial charge >= 0.3 is 5.97 Å². The Kier molecular flexibility index (Phi) is 45.7. The van der Waals surface area contributed by atoms with Crippen LogP contribution in [0.15, 0.2) is 48.6 Å². The predicted octanol–water partition coefficient (Wildman–Crippen LogP) is 14.7. The molecule has 2 atom stereocenters. The van der Waals surface area contributed by atoms with Gasteiger partial charge in [0, 0.05) is 12.8 Å². The lowest BCUT2D eigenvalue weighted by Gasteiger charge is -2.20. The van der Waals surface area contributed by atoms with Gasteiger partial charge < -0.3 is 20.3 Å². The second kappa shape index (κ2) is 47.5. The Morgan fingerprint density at radius 3 is 1.36 bits per heavy atom. The molecule has 1 amide bonds. The molecule has 0 heterocycles. The van der Waals surface area contributed by atoms with Crippen LogP contribution in [0.25, 0.3) is 0 Å². The molecule has 0 aromatic rings. The molecular formula is C52H95NO5. The first-order valence-electron chi connectivity index (χ1n) is 24.9. The van der Waals surface area contributed by atoms with E-state index in [1.54, 1.807) is 6.08 Å². The number of aliphatic hydroxyl groups is 2. The average molecular weight is 814 g/mol. The monoisotopic (exact) mass is 814 g/mol. The van der Waals surface area contributed by atoms with E-state index in [4.69, 9.17) is 4.74 Å². The molecule has 0 aliphatic rings. The highest BCUT2D eigenvalue weighted by atomic mass is 16.5. The first kappa shape index (κ1) is 55.8. The summed E-state index contributed by atoms with van der Waals surface area (Å²) in [6, 6.07) is -0.635. The summed E-state index contributed by atoms with van der Waals surface area (Å²) in [7, 11) is 0. The SMILES string of the molecule is CCCCC/C=C\C/C=C\CCCCCCCC(=O)OCCCCCCCC/C=C\CCCCCCCCCC(=O)NC(CO)C(O)/C=C/CCCCCCCCC. The Balaban J connectivity index is 3.48. The molecule has 0 rings (SSSR count). The predicted molar refractivity (Wildman–Crippen MR) is 250 cm³/mol. The van der Waals surface area contributed by atoms with Crippen LogP contribution in [-0.2, 0) is 14.3 Å². The lowest BCUT2D eigenvalue weighted by Crippen LogP contribution is -2.45. The van der Waals surface area contributed by atoms with E-state index in [9.17, 15) is 19.8 Å². The second-order valence-electron chi connectivity index (χ2n) is 16.8. The maximum absolute atomic E-state index is 12.4. The van der Waals surface area contributed by atoms with Crippen molar-refractivity contribution in [3.8, 4) is 0 Å². The van der Waals surface area contributed by atoms with Crippen molar-refractivity contribution in [2.24, 2.45) is 0 Å². The van der Waals surface area contributed by atoms with Crippen molar-refractivity contribution < 1.29 is 24.5 Å². The smallest absolute Gasteiger partial charge is 0.305 e. The minimum atomic E-state index is -0.851. The first-order chi connectivity index (χ1) is 28.5. The first-order valence-corrected chi connectivity index (χ1v) is 24.9. The van der Waals surface area contributed by atoms with E-state index in [0.29, 0.717) is 19.4 Å². The molecule has 2 unspecified atom stereocenters. The summed E-state index contributed by atoms with van der Waals surface area (Å²) in [4.78, 5) is 24.4. The van der Waals surface area contributed by atoms with Gasteiger partial charge in [-0.1, -0.05) is 191 Å². The van der Waals surface area contributed by atoms with E-state index in [2.05, 4.69) is 55.6 Å². The number of rotatable bonds is 45. The molecule has 0 saturated heterocycles. The van der Waals surface area contributed by atoms with Gasteiger partial charge in [-0.15, -0.1) is 0 Å². The molecular weight excluding hydrogens is 719 g/mol. The number of aliphatic hydroxyl groups excluding tert-OH is 2. The van der Waals surface area contributed by atoms with Crippen LogP contribution in [0, 0.1) is 0 Å². The van der Waals surface area contributed by atoms with Gasteiger partial charge in [-0.25, -0.2) is 0 Å². The van der Waals surface area contributed by atoms with E-state index in [1.807, 2.05) is 6.08 Å². The highest BCUT2D eigenvalue weighted by Crippen LogP contribution is 2.14. The van der Waals surface area contributed by atoms with E-state index in [-0.39, 0.29) is 18.5 Å². The number of unbranched alkanes of at least 4 members (excludes halogenated alkanes) is 28. The van der Waals surface area contributed by atoms with Crippen LogP contribution in [0.2, 0.25) is 0 Å². The zero-order valence-electron chi connectivity index (χ0n) is 38.3.